The summed E-state index contributed by atoms with van der Waals surface area (Å²) in [6.07, 6.45) is 0.367. The number of fused-ring (bicyclic) bond motifs is 1. The zero-order chi connectivity index (χ0) is 18.1. The lowest BCUT2D eigenvalue weighted by Gasteiger charge is -2.31. The smallest absolute Gasteiger partial charge is 0.326 e. The molecular weight excluding hydrogens is 345 g/mol. The summed E-state index contributed by atoms with van der Waals surface area (Å²) in [6, 6.07) is 7.29. The van der Waals surface area contributed by atoms with E-state index < -0.39 is 11.7 Å². The van der Waals surface area contributed by atoms with Crippen LogP contribution in [-0.4, -0.2) is 26.7 Å². The summed E-state index contributed by atoms with van der Waals surface area (Å²) in [7, 11) is 0. The van der Waals surface area contributed by atoms with Crippen LogP contribution in [0.1, 0.15) is 17.5 Å². The average Bonchev–Trinajstić information content (AvgIpc) is 3.13. The molecule has 134 valence electrons. The number of halogens is 3. The van der Waals surface area contributed by atoms with Crippen LogP contribution in [-0.2, 0) is 12.6 Å². The highest BCUT2D eigenvalue weighted by Crippen LogP contribution is 2.38. The van der Waals surface area contributed by atoms with E-state index in [4.69, 9.17) is 0 Å². The molecule has 0 saturated heterocycles. The minimum absolute atomic E-state index is 0.339. The largest absolute Gasteiger partial charge is 0.416 e. The first-order valence-electron chi connectivity index (χ1n) is 8.08. The number of hydrogen-bond donors (Lipinski definition) is 2. The maximum absolute atomic E-state index is 13.1. The molecule has 2 N–H and O–H groups in total. The molecule has 3 aromatic rings. The second-order valence-corrected chi connectivity index (χ2v) is 5.93. The zero-order valence-electron chi connectivity index (χ0n) is 13.6. The molecule has 1 aliphatic rings. The van der Waals surface area contributed by atoms with Gasteiger partial charge in [-0.2, -0.15) is 23.3 Å². The average molecular weight is 360 g/mol. The van der Waals surface area contributed by atoms with Crippen molar-refractivity contribution in [2.24, 2.45) is 0 Å². The summed E-state index contributed by atoms with van der Waals surface area (Å²) in [5, 5.41) is 9.55. The highest BCUT2D eigenvalue weighted by molar-refractivity contribution is 5.67. The van der Waals surface area contributed by atoms with Crippen molar-refractivity contribution in [2.75, 3.05) is 16.8 Å². The summed E-state index contributed by atoms with van der Waals surface area (Å²) in [6.45, 7) is 0.592. The second-order valence-electron chi connectivity index (χ2n) is 5.93. The Morgan fingerprint density at radius 1 is 1.12 bits per heavy atom. The molecule has 3 heterocycles. The molecule has 0 unspecified atom stereocenters. The van der Waals surface area contributed by atoms with Gasteiger partial charge in [-0.25, -0.2) is 4.98 Å². The van der Waals surface area contributed by atoms with Gasteiger partial charge in [-0.3, -0.25) is 5.10 Å². The first-order valence-corrected chi connectivity index (χ1v) is 8.08. The number of aromatic nitrogens is 4. The van der Waals surface area contributed by atoms with Gasteiger partial charge in [-0.15, -0.1) is 0 Å². The molecule has 1 aliphatic heterocycles. The van der Waals surface area contributed by atoms with Gasteiger partial charge in [0.1, 0.15) is 11.6 Å². The Balaban J connectivity index is 1.69. The van der Waals surface area contributed by atoms with Crippen molar-refractivity contribution in [3.05, 3.63) is 53.9 Å². The molecule has 0 aliphatic carbocycles. The number of nitrogens with zero attached hydrogens (tertiary/aromatic N) is 4. The molecule has 9 heteroatoms. The van der Waals surface area contributed by atoms with Crippen molar-refractivity contribution >= 4 is 23.3 Å². The fourth-order valence-corrected chi connectivity index (χ4v) is 2.99. The molecule has 0 amide bonds. The van der Waals surface area contributed by atoms with E-state index in [0.717, 1.165) is 24.5 Å². The van der Waals surface area contributed by atoms with E-state index in [1.807, 2.05) is 0 Å². The molecule has 0 spiro atoms. The fraction of sp³-hybridized carbons (Fsp3) is 0.235. The number of H-pyrrole nitrogens is 1. The Hall–Kier alpha value is -3.10. The van der Waals surface area contributed by atoms with Crippen LogP contribution in [0.15, 0.2) is 42.7 Å². The van der Waals surface area contributed by atoms with Crippen LogP contribution in [0.2, 0.25) is 0 Å². The third-order valence-electron chi connectivity index (χ3n) is 4.20. The van der Waals surface area contributed by atoms with Gasteiger partial charge in [0.2, 0.25) is 5.95 Å². The van der Waals surface area contributed by atoms with Crippen LogP contribution < -0.4 is 10.2 Å². The summed E-state index contributed by atoms with van der Waals surface area (Å²) < 4.78 is 39.3. The van der Waals surface area contributed by atoms with E-state index in [-0.39, 0.29) is 0 Å². The maximum Gasteiger partial charge on any atom is 0.416 e. The number of hydrogen-bond acceptors (Lipinski definition) is 5. The van der Waals surface area contributed by atoms with E-state index >= 15 is 0 Å². The van der Waals surface area contributed by atoms with Crippen molar-refractivity contribution in [1.29, 1.82) is 0 Å². The predicted octanol–water partition coefficient (Wildman–Crippen LogP) is 4.05. The predicted molar refractivity (Wildman–Crippen MR) is 90.7 cm³/mol. The molecule has 0 atom stereocenters. The zero-order valence-corrected chi connectivity index (χ0v) is 13.6. The molecule has 2 aromatic heterocycles. The van der Waals surface area contributed by atoms with E-state index in [2.05, 4.69) is 25.5 Å². The number of benzene rings is 1. The first kappa shape index (κ1) is 16.4. The van der Waals surface area contributed by atoms with Gasteiger partial charge in [0.05, 0.1) is 11.8 Å². The third-order valence-corrected chi connectivity index (χ3v) is 4.20. The Labute approximate surface area is 147 Å². The number of alkyl halides is 3. The van der Waals surface area contributed by atoms with Crippen LogP contribution >= 0.6 is 0 Å². The molecule has 26 heavy (non-hydrogen) atoms. The van der Waals surface area contributed by atoms with Crippen molar-refractivity contribution in [1.82, 2.24) is 20.2 Å². The van der Waals surface area contributed by atoms with Crippen LogP contribution in [0, 0.1) is 0 Å². The van der Waals surface area contributed by atoms with Crippen molar-refractivity contribution in [2.45, 2.75) is 19.0 Å². The molecule has 0 saturated carbocycles. The van der Waals surface area contributed by atoms with Crippen LogP contribution in [0.4, 0.5) is 36.4 Å². The Morgan fingerprint density at radius 2 is 2.00 bits per heavy atom. The summed E-state index contributed by atoms with van der Waals surface area (Å²) in [5.74, 6) is 1.51. The molecule has 1 aromatic carbocycles. The second kappa shape index (κ2) is 6.32. The lowest BCUT2D eigenvalue weighted by Crippen LogP contribution is -2.26. The Morgan fingerprint density at radius 3 is 2.77 bits per heavy atom. The van der Waals surface area contributed by atoms with E-state index in [0.29, 0.717) is 29.8 Å². The van der Waals surface area contributed by atoms with Gasteiger partial charge in [0, 0.05) is 24.5 Å². The van der Waals surface area contributed by atoms with Crippen molar-refractivity contribution in [3.8, 4) is 0 Å². The van der Waals surface area contributed by atoms with Gasteiger partial charge < -0.3 is 10.2 Å². The summed E-state index contributed by atoms with van der Waals surface area (Å²) in [4.78, 5) is 10.4. The number of aromatic amines is 1. The number of nitrogens with one attached hydrogen (secondary N) is 2. The van der Waals surface area contributed by atoms with E-state index in [1.165, 1.54) is 6.07 Å². The monoisotopic (exact) mass is 360 g/mol. The molecular formula is C17H15F3N6. The number of anilines is 4. The van der Waals surface area contributed by atoms with E-state index in [9.17, 15) is 13.2 Å². The van der Waals surface area contributed by atoms with Crippen molar-refractivity contribution in [3.63, 3.8) is 0 Å². The normalized spacial score (nSPS) is 14.2. The van der Waals surface area contributed by atoms with Gasteiger partial charge in [-0.1, -0.05) is 6.07 Å². The van der Waals surface area contributed by atoms with Crippen LogP contribution in [0.25, 0.3) is 0 Å². The lowest BCUT2D eigenvalue weighted by molar-refractivity contribution is -0.137. The summed E-state index contributed by atoms with van der Waals surface area (Å²) in [5.41, 5.74) is 0.760. The molecule has 0 radical (unpaired) electrons. The molecule has 0 bridgehead atoms. The van der Waals surface area contributed by atoms with Gasteiger partial charge in [-0.05, 0) is 36.6 Å². The van der Waals surface area contributed by atoms with Gasteiger partial charge >= 0.3 is 6.18 Å². The Kier molecular flexibility index (Phi) is 3.98. The molecule has 6 nitrogen and oxygen atoms in total. The lowest BCUT2D eigenvalue weighted by atomic mass is 9.99. The SMILES string of the molecule is FC(F)(F)c1ccc2c(c1)N(c1ccnc(Nc3ccn[nH]3)n1)CCC2. The number of rotatable bonds is 3. The standard InChI is InChI=1S/C17H15F3N6/c18-17(19,20)12-4-3-11-2-1-9-26(13(11)10-12)15-6-7-21-16(24-15)23-14-5-8-22-25-14/h3-8,10H,1-2,9H2,(H2,21,22,23,24,25). The molecule has 0 fully saturated rings. The quantitative estimate of drug-likeness (QED) is 0.738. The maximum atomic E-state index is 13.1. The van der Waals surface area contributed by atoms with Gasteiger partial charge in [0.15, 0.2) is 0 Å². The Bertz CT molecular complexity index is 907. The van der Waals surface area contributed by atoms with Crippen LogP contribution in [0.5, 0.6) is 0 Å². The van der Waals surface area contributed by atoms with E-state index in [1.54, 1.807) is 35.5 Å². The topological polar surface area (TPSA) is 69.7 Å². The van der Waals surface area contributed by atoms with Crippen molar-refractivity contribution < 1.29 is 13.2 Å². The fourth-order valence-electron chi connectivity index (χ4n) is 2.99. The first-order chi connectivity index (χ1) is 12.5. The van der Waals surface area contributed by atoms with Crippen LogP contribution in [0.3, 0.4) is 0 Å². The minimum atomic E-state index is -4.38. The third kappa shape index (κ3) is 3.19. The highest BCUT2D eigenvalue weighted by Gasteiger charge is 2.32. The molecule has 4 rings (SSSR count). The summed E-state index contributed by atoms with van der Waals surface area (Å²) >= 11 is 0. The highest BCUT2D eigenvalue weighted by atomic mass is 19.4. The van der Waals surface area contributed by atoms with Gasteiger partial charge in [0.25, 0.3) is 0 Å². The minimum Gasteiger partial charge on any atom is -0.326 e. The number of aryl methyl sites for hydroxylation is 1.